The number of rotatable bonds is 6. The number of hydrogen-bond acceptors (Lipinski definition) is 6. The van der Waals surface area contributed by atoms with Crippen molar-refractivity contribution in [1.29, 1.82) is 0 Å². The largest absolute Gasteiger partial charge is 0.496 e. The molecule has 10 heteroatoms. The Morgan fingerprint density at radius 1 is 1.21 bits per heavy atom. The smallest absolute Gasteiger partial charge is 0.278 e. The molecular weight excluding hydrogens is 493 g/mol. The van der Waals surface area contributed by atoms with Gasteiger partial charge in [-0.15, -0.1) is 5.10 Å². The van der Waals surface area contributed by atoms with Crippen molar-refractivity contribution in [2.75, 3.05) is 12.4 Å². The van der Waals surface area contributed by atoms with Gasteiger partial charge in [0.05, 0.1) is 24.9 Å². The van der Waals surface area contributed by atoms with E-state index in [4.69, 9.17) is 9.15 Å². The number of aromatic nitrogens is 4. The standard InChI is InChI=1S/C23H21BrFN5O3/c1-12-5-7-16(10-18(12)25)26-22(31)21-13(2)30(29-28-21)11-19-14(3)33-23(27-19)17-9-15(24)6-8-20(17)32-4/h5-10H,11H2,1-4H3,(H,26,31). The van der Waals surface area contributed by atoms with Gasteiger partial charge in [-0.2, -0.15) is 0 Å². The average Bonchev–Trinajstić information content (AvgIpc) is 3.33. The Kier molecular flexibility index (Phi) is 6.28. The normalized spacial score (nSPS) is 11.0. The van der Waals surface area contributed by atoms with Crippen LogP contribution in [-0.2, 0) is 6.54 Å². The maximum atomic E-state index is 13.8. The van der Waals surface area contributed by atoms with E-state index in [1.807, 2.05) is 25.1 Å². The molecule has 0 unspecified atom stereocenters. The summed E-state index contributed by atoms with van der Waals surface area (Å²) in [4.78, 5) is 17.3. The van der Waals surface area contributed by atoms with Gasteiger partial charge in [-0.05, 0) is 56.7 Å². The second-order valence-electron chi connectivity index (χ2n) is 7.47. The van der Waals surface area contributed by atoms with E-state index in [1.54, 1.807) is 37.8 Å². The number of carbonyl (C=O) groups is 1. The Morgan fingerprint density at radius 2 is 2.00 bits per heavy atom. The van der Waals surface area contributed by atoms with Gasteiger partial charge in [0.1, 0.15) is 23.0 Å². The number of hydrogen-bond donors (Lipinski definition) is 1. The number of carbonyl (C=O) groups excluding carboxylic acids is 1. The highest BCUT2D eigenvalue weighted by molar-refractivity contribution is 9.10. The van der Waals surface area contributed by atoms with Gasteiger partial charge in [0.2, 0.25) is 5.89 Å². The highest BCUT2D eigenvalue weighted by Crippen LogP contribution is 2.33. The molecule has 1 N–H and O–H groups in total. The first-order valence-corrected chi connectivity index (χ1v) is 10.8. The number of amides is 1. The number of nitrogens with zero attached hydrogens (tertiary/aromatic N) is 4. The van der Waals surface area contributed by atoms with Crippen molar-refractivity contribution < 1.29 is 18.3 Å². The highest BCUT2D eigenvalue weighted by atomic mass is 79.9. The Balaban J connectivity index is 1.56. The first kappa shape index (κ1) is 22.7. The Hall–Kier alpha value is -3.53. The lowest BCUT2D eigenvalue weighted by molar-refractivity contribution is 0.102. The molecule has 2 aromatic heterocycles. The van der Waals surface area contributed by atoms with E-state index in [0.29, 0.717) is 45.6 Å². The van der Waals surface area contributed by atoms with E-state index in [-0.39, 0.29) is 12.2 Å². The second kappa shape index (κ2) is 9.14. The van der Waals surface area contributed by atoms with E-state index < -0.39 is 11.7 Å². The van der Waals surface area contributed by atoms with Gasteiger partial charge < -0.3 is 14.5 Å². The average molecular weight is 514 g/mol. The van der Waals surface area contributed by atoms with Crippen molar-refractivity contribution in [1.82, 2.24) is 20.0 Å². The third kappa shape index (κ3) is 4.65. The molecule has 4 rings (SSSR count). The zero-order chi connectivity index (χ0) is 23.7. The van der Waals surface area contributed by atoms with Gasteiger partial charge in [-0.3, -0.25) is 4.79 Å². The van der Waals surface area contributed by atoms with E-state index in [0.717, 1.165) is 4.47 Å². The summed E-state index contributed by atoms with van der Waals surface area (Å²) < 4.78 is 27.5. The van der Waals surface area contributed by atoms with E-state index in [9.17, 15) is 9.18 Å². The quantitative estimate of drug-likeness (QED) is 0.386. The fourth-order valence-corrected chi connectivity index (χ4v) is 3.62. The van der Waals surface area contributed by atoms with Gasteiger partial charge in [0, 0.05) is 10.2 Å². The topological polar surface area (TPSA) is 95.1 Å². The van der Waals surface area contributed by atoms with Crippen molar-refractivity contribution >= 4 is 27.5 Å². The molecule has 0 aliphatic rings. The summed E-state index contributed by atoms with van der Waals surface area (Å²) in [5.74, 6) is 0.793. The molecule has 0 fully saturated rings. The second-order valence-corrected chi connectivity index (χ2v) is 8.38. The van der Waals surface area contributed by atoms with Crippen LogP contribution in [0.15, 0.2) is 45.3 Å². The molecule has 0 atom stereocenters. The molecule has 0 saturated heterocycles. The Labute approximate surface area is 197 Å². The molecule has 4 aromatic rings. The van der Waals surface area contributed by atoms with Crippen LogP contribution in [0.1, 0.15) is 33.2 Å². The molecule has 0 aliphatic heterocycles. The van der Waals surface area contributed by atoms with Gasteiger partial charge in [-0.1, -0.05) is 27.2 Å². The minimum absolute atomic E-state index is 0.144. The Bertz CT molecular complexity index is 1350. The maximum absolute atomic E-state index is 13.8. The number of oxazole rings is 1. The molecular formula is C23H21BrFN5O3. The molecule has 8 nitrogen and oxygen atoms in total. The summed E-state index contributed by atoms with van der Waals surface area (Å²) >= 11 is 3.45. The summed E-state index contributed by atoms with van der Waals surface area (Å²) in [5, 5.41) is 10.8. The first-order valence-electron chi connectivity index (χ1n) is 10.0. The minimum atomic E-state index is -0.474. The number of methoxy groups -OCH3 is 1. The summed E-state index contributed by atoms with van der Waals surface area (Å²) in [5.41, 5.74) is 2.89. The van der Waals surface area contributed by atoms with Crippen molar-refractivity contribution in [3.05, 3.63) is 75.1 Å². The fourth-order valence-electron chi connectivity index (χ4n) is 3.26. The molecule has 0 radical (unpaired) electrons. The molecule has 33 heavy (non-hydrogen) atoms. The highest BCUT2D eigenvalue weighted by Gasteiger charge is 2.20. The lowest BCUT2D eigenvalue weighted by Crippen LogP contribution is -2.14. The van der Waals surface area contributed by atoms with Crippen LogP contribution in [0.3, 0.4) is 0 Å². The predicted octanol–water partition coefficient (Wildman–Crippen LogP) is 5.07. The lowest BCUT2D eigenvalue weighted by atomic mass is 10.2. The lowest BCUT2D eigenvalue weighted by Gasteiger charge is -2.06. The monoisotopic (exact) mass is 513 g/mol. The van der Waals surface area contributed by atoms with Gasteiger partial charge in [-0.25, -0.2) is 14.1 Å². The number of ether oxygens (including phenoxy) is 1. The maximum Gasteiger partial charge on any atom is 0.278 e. The van der Waals surface area contributed by atoms with Crippen LogP contribution < -0.4 is 10.1 Å². The molecule has 2 heterocycles. The van der Waals surface area contributed by atoms with Crippen LogP contribution in [0, 0.1) is 26.6 Å². The van der Waals surface area contributed by atoms with Crippen LogP contribution >= 0.6 is 15.9 Å². The van der Waals surface area contributed by atoms with Gasteiger partial charge in [0.25, 0.3) is 5.91 Å². The summed E-state index contributed by atoms with van der Waals surface area (Å²) in [6, 6.07) is 10.1. The third-order valence-electron chi connectivity index (χ3n) is 5.21. The van der Waals surface area contributed by atoms with Crippen LogP contribution in [0.5, 0.6) is 5.75 Å². The Morgan fingerprint density at radius 3 is 2.73 bits per heavy atom. The first-order chi connectivity index (χ1) is 15.8. The van der Waals surface area contributed by atoms with E-state index >= 15 is 0 Å². The van der Waals surface area contributed by atoms with E-state index in [2.05, 4.69) is 36.5 Å². The summed E-state index contributed by atoms with van der Waals surface area (Å²) in [6.07, 6.45) is 0. The van der Waals surface area contributed by atoms with Crippen LogP contribution in [0.2, 0.25) is 0 Å². The fraction of sp³-hybridized carbons (Fsp3) is 0.217. The van der Waals surface area contributed by atoms with E-state index in [1.165, 1.54) is 6.07 Å². The third-order valence-corrected chi connectivity index (χ3v) is 5.70. The van der Waals surface area contributed by atoms with Crippen LogP contribution in [0.25, 0.3) is 11.5 Å². The summed E-state index contributed by atoms with van der Waals surface area (Å²) in [7, 11) is 1.58. The number of anilines is 1. The zero-order valence-corrected chi connectivity index (χ0v) is 20.0. The molecule has 0 bridgehead atoms. The van der Waals surface area contributed by atoms with Crippen LogP contribution in [-0.4, -0.2) is 33.0 Å². The van der Waals surface area contributed by atoms with Gasteiger partial charge >= 0.3 is 0 Å². The zero-order valence-electron chi connectivity index (χ0n) is 18.4. The van der Waals surface area contributed by atoms with Crippen molar-refractivity contribution in [2.45, 2.75) is 27.3 Å². The van der Waals surface area contributed by atoms with Gasteiger partial charge in [0.15, 0.2) is 5.69 Å². The molecule has 1 amide bonds. The van der Waals surface area contributed by atoms with Crippen molar-refractivity contribution in [3.8, 4) is 17.2 Å². The SMILES string of the molecule is COc1ccc(Br)cc1-c1nc(Cn2nnc(C(=O)Nc3ccc(C)c(F)c3)c2C)c(C)o1. The number of halogens is 2. The van der Waals surface area contributed by atoms with Crippen molar-refractivity contribution in [2.24, 2.45) is 0 Å². The number of nitrogens with one attached hydrogen (secondary N) is 1. The van der Waals surface area contributed by atoms with Crippen LogP contribution in [0.4, 0.5) is 10.1 Å². The molecule has 0 spiro atoms. The van der Waals surface area contributed by atoms with Crippen molar-refractivity contribution in [3.63, 3.8) is 0 Å². The number of benzene rings is 2. The molecule has 170 valence electrons. The molecule has 2 aromatic carbocycles. The predicted molar refractivity (Wildman–Crippen MR) is 124 cm³/mol. The minimum Gasteiger partial charge on any atom is -0.496 e. The molecule has 0 aliphatic carbocycles. The summed E-state index contributed by atoms with van der Waals surface area (Å²) in [6.45, 7) is 5.46. The molecule has 0 saturated carbocycles. The number of aryl methyl sites for hydroxylation is 2.